The smallest absolute Gasteiger partial charge is 0.0600 e. The van der Waals surface area contributed by atoms with Crippen LogP contribution in [-0.2, 0) is 0 Å². The number of rotatable bonds is 9. The van der Waals surface area contributed by atoms with Gasteiger partial charge in [0.15, 0.2) is 0 Å². The number of alkyl halides is 1. The van der Waals surface area contributed by atoms with Crippen LogP contribution in [0.5, 0.6) is 0 Å². The van der Waals surface area contributed by atoms with Crippen LogP contribution in [0, 0.1) is 12.3 Å². The van der Waals surface area contributed by atoms with Gasteiger partial charge in [-0.1, -0.05) is 74.0 Å². The van der Waals surface area contributed by atoms with Crippen LogP contribution in [0.4, 0.5) is 0 Å². The monoisotopic (exact) mass is 307 g/mol. The Morgan fingerprint density at radius 1 is 1.21 bits per heavy atom. The SMILES string of the molecule is C#CCNC(I)CCCCCCCC. The van der Waals surface area contributed by atoms with E-state index in [1.54, 1.807) is 0 Å². The number of terminal acetylenes is 1. The molecular weight excluding hydrogens is 285 g/mol. The Hall–Kier alpha value is 0.250. The zero-order chi connectivity index (χ0) is 10.6. The van der Waals surface area contributed by atoms with Crippen molar-refractivity contribution in [1.82, 2.24) is 5.32 Å². The maximum absolute atomic E-state index is 5.17. The third-order valence-electron chi connectivity index (χ3n) is 2.24. The summed E-state index contributed by atoms with van der Waals surface area (Å²) in [4.78, 5) is 0. The molecule has 0 saturated carbocycles. The van der Waals surface area contributed by atoms with Crippen molar-refractivity contribution in [2.24, 2.45) is 0 Å². The average Bonchev–Trinajstić information content (AvgIpc) is 2.20. The third kappa shape index (κ3) is 10.3. The first-order valence-electron chi connectivity index (χ1n) is 5.62. The molecule has 0 bridgehead atoms. The lowest BCUT2D eigenvalue weighted by Crippen LogP contribution is -2.23. The van der Waals surface area contributed by atoms with Crippen LogP contribution in [0.2, 0.25) is 0 Å². The molecule has 82 valence electrons. The summed E-state index contributed by atoms with van der Waals surface area (Å²) in [5.74, 6) is 2.60. The Morgan fingerprint density at radius 3 is 2.50 bits per heavy atom. The molecule has 0 aliphatic heterocycles. The molecule has 0 saturated heterocycles. The topological polar surface area (TPSA) is 12.0 Å². The van der Waals surface area contributed by atoms with Gasteiger partial charge < -0.3 is 0 Å². The molecule has 0 fully saturated rings. The minimum absolute atomic E-state index is 0.551. The van der Waals surface area contributed by atoms with Crippen molar-refractivity contribution in [2.45, 2.75) is 55.9 Å². The van der Waals surface area contributed by atoms with Crippen molar-refractivity contribution >= 4 is 22.6 Å². The summed E-state index contributed by atoms with van der Waals surface area (Å²) in [5, 5.41) is 3.28. The van der Waals surface area contributed by atoms with Crippen LogP contribution in [0.1, 0.15) is 51.9 Å². The highest BCUT2D eigenvalue weighted by atomic mass is 127. The highest BCUT2D eigenvalue weighted by Crippen LogP contribution is 2.11. The second-order valence-electron chi connectivity index (χ2n) is 3.61. The standard InChI is InChI=1S/C12H22IN/c1-3-5-6-7-8-9-10-12(13)14-11-4-2/h2,12,14H,3,5-11H2,1H3. The molecule has 0 aromatic rings. The Balaban J connectivity index is 3.07. The van der Waals surface area contributed by atoms with Crippen LogP contribution in [0.25, 0.3) is 0 Å². The van der Waals surface area contributed by atoms with E-state index in [0.29, 0.717) is 10.6 Å². The van der Waals surface area contributed by atoms with Crippen LogP contribution < -0.4 is 5.32 Å². The summed E-state index contributed by atoms with van der Waals surface area (Å²) in [6.45, 7) is 2.95. The largest absolute Gasteiger partial charge is 0.295 e. The first-order chi connectivity index (χ1) is 6.81. The van der Waals surface area contributed by atoms with Gasteiger partial charge in [-0.15, -0.1) is 6.42 Å². The fourth-order valence-electron chi connectivity index (χ4n) is 1.38. The molecule has 0 heterocycles. The third-order valence-corrected chi connectivity index (χ3v) is 3.30. The summed E-state index contributed by atoms with van der Waals surface area (Å²) in [6.07, 6.45) is 14.6. The molecule has 0 rings (SSSR count). The van der Waals surface area contributed by atoms with Gasteiger partial charge in [0, 0.05) is 0 Å². The molecule has 0 radical (unpaired) electrons. The van der Waals surface area contributed by atoms with Crippen LogP contribution in [-0.4, -0.2) is 10.6 Å². The molecule has 0 aromatic heterocycles. The summed E-state index contributed by atoms with van der Waals surface area (Å²) in [6, 6.07) is 0. The quantitative estimate of drug-likeness (QED) is 0.225. The van der Waals surface area contributed by atoms with Crippen LogP contribution >= 0.6 is 22.6 Å². The summed E-state index contributed by atoms with van der Waals surface area (Å²) in [7, 11) is 0. The summed E-state index contributed by atoms with van der Waals surface area (Å²) < 4.78 is 0.551. The minimum Gasteiger partial charge on any atom is -0.295 e. The Bertz CT molecular complexity index is 151. The van der Waals surface area contributed by atoms with Gasteiger partial charge >= 0.3 is 0 Å². The summed E-state index contributed by atoms with van der Waals surface area (Å²) >= 11 is 2.43. The van der Waals surface area contributed by atoms with Gasteiger partial charge in [-0.2, -0.15) is 0 Å². The number of unbranched alkanes of at least 4 members (excludes halogenated alkanes) is 5. The van der Waals surface area contributed by atoms with Gasteiger partial charge in [-0.3, -0.25) is 5.32 Å². The maximum Gasteiger partial charge on any atom is 0.0600 e. The maximum atomic E-state index is 5.17. The lowest BCUT2D eigenvalue weighted by atomic mass is 10.1. The molecule has 0 aliphatic carbocycles. The van der Waals surface area contributed by atoms with E-state index in [-0.39, 0.29) is 0 Å². The van der Waals surface area contributed by atoms with Crippen LogP contribution in [0.15, 0.2) is 0 Å². The fourth-order valence-corrected chi connectivity index (χ4v) is 2.04. The molecule has 0 spiro atoms. The predicted molar refractivity (Wildman–Crippen MR) is 72.6 cm³/mol. The van der Waals surface area contributed by atoms with Gasteiger partial charge in [0.05, 0.1) is 10.6 Å². The predicted octanol–water partition coefficient (Wildman–Crippen LogP) is 3.72. The van der Waals surface area contributed by atoms with Crippen molar-refractivity contribution in [3.8, 4) is 12.3 Å². The second-order valence-corrected chi connectivity index (χ2v) is 5.11. The molecule has 0 aliphatic rings. The van der Waals surface area contributed by atoms with Gasteiger partial charge in [0.1, 0.15) is 0 Å². The van der Waals surface area contributed by atoms with E-state index in [0.717, 1.165) is 0 Å². The zero-order valence-electron chi connectivity index (χ0n) is 9.19. The number of hydrogen-bond donors (Lipinski definition) is 1. The highest BCUT2D eigenvalue weighted by Gasteiger charge is 2.00. The molecule has 0 amide bonds. The first kappa shape index (κ1) is 14.2. The van der Waals surface area contributed by atoms with Gasteiger partial charge in [-0.05, 0) is 6.42 Å². The number of halogens is 1. The zero-order valence-corrected chi connectivity index (χ0v) is 11.3. The van der Waals surface area contributed by atoms with Crippen molar-refractivity contribution in [2.75, 3.05) is 6.54 Å². The lowest BCUT2D eigenvalue weighted by Gasteiger charge is -2.09. The van der Waals surface area contributed by atoms with E-state index >= 15 is 0 Å². The number of nitrogens with one attached hydrogen (secondary N) is 1. The molecule has 14 heavy (non-hydrogen) atoms. The molecule has 1 unspecified atom stereocenters. The van der Waals surface area contributed by atoms with Crippen molar-refractivity contribution in [3.05, 3.63) is 0 Å². The Labute approximate surface area is 103 Å². The van der Waals surface area contributed by atoms with Crippen molar-refractivity contribution in [1.29, 1.82) is 0 Å². The number of hydrogen-bond acceptors (Lipinski definition) is 1. The Kier molecular flexibility index (Phi) is 11.5. The van der Waals surface area contributed by atoms with E-state index in [1.165, 1.54) is 44.9 Å². The first-order valence-corrected chi connectivity index (χ1v) is 6.86. The van der Waals surface area contributed by atoms with Gasteiger partial charge in [0.25, 0.3) is 0 Å². The molecule has 0 aromatic carbocycles. The molecular formula is C12H22IN. The van der Waals surface area contributed by atoms with Crippen molar-refractivity contribution < 1.29 is 0 Å². The summed E-state index contributed by atoms with van der Waals surface area (Å²) in [5.41, 5.74) is 0. The van der Waals surface area contributed by atoms with E-state index < -0.39 is 0 Å². The van der Waals surface area contributed by atoms with Gasteiger partial charge in [0.2, 0.25) is 0 Å². The average molecular weight is 307 g/mol. The normalized spacial score (nSPS) is 12.4. The van der Waals surface area contributed by atoms with Crippen molar-refractivity contribution in [3.63, 3.8) is 0 Å². The second kappa shape index (κ2) is 11.3. The van der Waals surface area contributed by atoms with E-state index in [1.807, 2.05) is 0 Å². The fraction of sp³-hybridized carbons (Fsp3) is 0.833. The minimum atomic E-state index is 0.551. The lowest BCUT2D eigenvalue weighted by molar-refractivity contribution is 0.565. The van der Waals surface area contributed by atoms with E-state index in [4.69, 9.17) is 6.42 Å². The highest BCUT2D eigenvalue weighted by molar-refractivity contribution is 14.1. The van der Waals surface area contributed by atoms with E-state index in [9.17, 15) is 0 Å². The molecule has 2 heteroatoms. The van der Waals surface area contributed by atoms with Gasteiger partial charge in [-0.25, -0.2) is 0 Å². The molecule has 1 atom stereocenters. The van der Waals surface area contributed by atoms with E-state index in [2.05, 4.69) is 40.8 Å². The Morgan fingerprint density at radius 2 is 1.86 bits per heavy atom. The van der Waals surface area contributed by atoms with Crippen LogP contribution in [0.3, 0.4) is 0 Å². The molecule has 1 N–H and O–H groups in total. The molecule has 1 nitrogen and oxygen atoms in total.